The molecule has 6 heteroatoms. The average molecular weight is 304 g/mol. The molecule has 2 aromatic rings. The van der Waals surface area contributed by atoms with Crippen LogP contribution in [0.3, 0.4) is 0 Å². The molecule has 0 saturated heterocycles. The minimum Gasteiger partial charge on any atom is -0.494 e. The molecule has 0 radical (unpaired) electrons. The van der Waals surface area contributed by atoms with Crippen LogP contribution < -0.4 is 20.5 Å². The highest BCUT2D eigenvalue weighted by molar-refractivity contribution is 7.80. The van der Waals surface area contributed by atoms with Gasteiger partial charge in [0.1, 0.15) is 5.75 Å². The Bertz CT molecular complexity index is 660. The Morgan fingerprint density at radius 2 is 1.86 bits per heavy atom. The third-order valence-electron chi connectivity index (χ3n) is 2.96. The zero-order valence-corrected chi connectivity index (χ0v) is 12.6. The van der Waals surface area contributed by atoms with Gasteiger partial charge in [0.15, 0.2) is 5.75 Å². The lowest BCUT2D eigenvalue weighted by atomic mass is 10.2. The van der Waals surface area contributed by atoms with E-state index in [1.807, 2.05) is 6.07 Å². The van der Waals surface area contributed by atoms with Crippen molar-refractivity contribution in [2.45, 2.75) is 4.90 Å². The molecule has 5 nitrogen and oxygen atoms in total. The lowest BCUT2D eigenvalue weighted by Gasteiger charge is -2.16. The number of nitrogens with one attached hydrogen (secondary N) is 1. The monoisotopic (exact) mass is 304 g/mol. The highest BCUT2D eigenvalue weighted by atomic mass is 32.1. The summed E-state index contributed by atoms with van der Waals surface area (Å²) in [6, 6.07) is 10.5. The van der Waals surface area contributed by atoms with Gasteiger partial charge in [-0.1, -0.05) is 18.2 Å². The van der Waals surface area contributed by atoms with Gasteiger partial charge in [-0.25, -0.2) is 0 Å². The van der Waals surface area contributed by atoms with Crippen molar-refractivity contribution >= 4 is 29.9 Å². The van der Waals surface area contributed by atoms with Crippen LogP contribution in [0.5, 0.6) is 11.5 Å². The molecular formula is C15H16N2O3S. The second-order valence-electron chi connectivity index (χ2n) is 4.24. The summed E-state index contributed by atoms with van der Waals surface area (Å²) in [6.45, 7) is 0. The lowest BCUT2D eigenvalue weighted by molar-refractivity contribution is 0.102. The first-order chi connectivity index (χ1) is 10.1. The molecule has 2 aromatic carbocycles. The molecule has 0 atom stereocenters. The average Bonchev–Trinajstić information content (AvgIpc) is 2.51. The van der Waals surface area contributed by atoms with Gasteiger partial charge in [-0.2, -0.15) is 0 Å². The SMILES string of the molecule is COc1cc(NC(=O)c2ccccc2)c(OC)c(S)c1N. The van der Waals surface area contributed by atoms with Gasteiger partial charge in [-0.3, -0.25) is 4.79 Å². The zero-order valence-electron chi connectivity index (χ0n) is 11.7. The molecule has 0 fully saturated rings. The molecular weight excluding hydrogens is 288 g/mol. The van der Waals surface area contributed by atoms with E-state index in [4.69, 9.17) is 15.2 Å². The van der Waals surface area contributed by atoms with E-state index in [0.29, 0.717) is 33.3 Å². The van der Waals surface area contributed by atoms with E-state index in [-0.39, 0.29) is 5.91 Å². The maximum Gasteiger partial charge on any atom is 0.255 e. The Balaban J connectivity index is 2.40. The molecule has 0 bridgehead atoms. The van der Waals surface area contributed by atoms with Crippen LogP contribution in [0.1, 0.15) is 10.4 Å². The molecule has 3 N–H and O–H groups in total. The van der Waals surface area contributed by atoms with Gasteiger partial charge in [0.05, 0.1) is 30.5 Å². The summed E-state index contributed by atoms with van der Waals surface area (Å²) in [6.07, 6.45) is 0. The third kappa shape index (κ3) is 3.05. The molecule has 110 valence electrons. The van der Waals surface area contributed by atoms with Gasteiger partial charge in [0.2, 0.25) is 0 Å². The summed E-state index contributed by atoms with van der Waals surface area (Å²) < 4.78 is 10.4. The van der Waals surface area contributed by atoms with E-state index >= 15 is 0 Å². The maximum atomic E-state index is 12.2. The summed E-state index contributed by atoms with van der Waals surface area (Å²) in [5.41, 5.74) is 7.23. The first-order valence-corrected chi connectivity index (χ1v) is 6.63. The number of anilines is 2. The van der Waals surface area contributed by atoms with Gasteiger partial charge in [-0.05, 0) is 12.1 Å². The largest absolute Gasteiger partial charge is 0.494 e. The Kier molecular flexibility index (Phi) is 4.59. The van der Waals surface area contributed by atoms with E-state index in [0.717, 1.165) is 0 Å². The molecule has 0 unspecified atom stereocenters. The number of amides is 1. The van der Waals surface area contributed by atoms with Crippen molar-refractivity contribution < 1.29 is 14.3 Å². The number of hydrogen-bond acceptors (Lipinski definition) is 5. The van der Waals surface area contributed by atoms with Gasteiger partial charge in [-0.15, -0.1) is 12.6 Å². The topological polar surface area (TPSA) is 73.6 Å². The van der Waals surface area contributed by atoms with Crippen molar-refractivity contribution in [1.82, 2.24) is 0 Å². The lowest BCUT2D eigenvalue weighted by Crippen LogP contribution is -2.13. The van der Waals surface area contributed by atoms with Crippen molar-refractivity contribution in [3.05, 3.63) is 42.0 Å². The third-order valence-corrected chi connectivity index (χ3v) is 3.41. The Labute approximate surface area is 128 Å². The van der Waals surface area contributed by atoms with Gasteiger partial charge in [0.25, 0.3) is 5.91 Å². The normalized spacial score (nSPS) is 10.0. The van der Waals surface area contributed by atoms with Gasteiger partial charge in [0, 0.05) is 11.6 Å². The maximum absolute atomic E-state index is 12.2. The minimum atomic E-state index is -0.256. The van der Waals surface area contributed by atoms with Crippen LogP contribution in [0.4, 0.5) is 11.4 Å². The number of benzene rings is 2. The predicted octanol–water partition coefficient (Wildman–Crippen LogP) is 2.83. The molecule has 21 heavy (non-hydrogen) atoms. The standard InChI is InChI=1S/C15H16N2O3S/c1-19-11-8-10(13(20-2)14(21)12(11)16)17-15(18)9-6-4-3-5-7-9/h3-8,21H,16H2,1-2H3,(H,17,18). The summed E-state index contributed by atoms with van der Waals surface area (Å²) in [5, 5.41) is 2.77. The fraction of sp³-hybridized carbons (Fsp3) is 0.133. The van der Waals surface area contributed by atoms with Crippen molar-refractivity contribution in [1.29, 1.82) is 0 Å². The van der Waals surface area contributed by atoms with Crippen molar-refractivity contribution in [2.75, 3.05) is 25.3 Å². The number of nitrogens with two attached hydrogens (primary N) is 1. The summed E-state index contributed by atoms with van der Waals surface area (Å²) >= 11 is 4.31. The van der Waals surface area contributed by atoms with Crippen LogP contribution >= 0.6 is 12.6 Å². The van der Waals surface area contributed by atoms with Crippen molar-refractivity contribution in [3.63, 3.8) is 0 Å². The molecule has 1 amide bonds. The van der Waals surface area contributed by atoms with Gasteiger partial charge >= 0.3 is 0 Å². The number of rotatable bonds is 4. The first kappa shape index (κ1) is 15.1. The van der Waals surface area contributed by atoms with Crippen LogP contribution in [-0.2, 0) is 0 Å². The number of ether oxygens (including phenoxy) is 2. The van der Waals surface area contributed by atoms with Gasteiger partial charge < -0.3 is 20.5 Å². The summed E-state index contributed by atoms with van der Waals surface area (Å²) in [5.74, 6) is 0.554. The minimum absolute atomic E-state index is 0.256. The first-order valence-electron chi connectivity index (χ1n) is 6.18. The van der Waals surface area contributed by atoms with Crippen LogP contribution in [0.25, 0.3) is 0 Å². The Morgan fingerprint density at radius 1 is 1.19 bits per heavy atom. The van der Waals surface area contributed by atoms with E-state index < -0.39 is 0 Å². The molecule has 0 aliphatic heterocycles. The smallest absolute Gasteiger partial charge is 0.255 e. The second kappa shape index (κ2) is 6.41. The quantitative estimate of drug-likeness (QED) is 0.600. The Morgan fingerprint density at radius 3 is 2.43 bits per heavy atom. The molecule has 2 rings (SSSR count). The van der Waals surface area contributed by atoms with E-state index in [2.05, 4.69) is 17.9 Å². The fourth-order valence-electron chi connectivity index (χ4n) is 1.89. The number of nitrogen functional groups attached to an aromatic ring is 1. The predicted molar refractivity (Wildman–Crippen MR) is 85.6 cm³/mol. The molecule has 0 aliphatic rings. The second-order valence-corrected chi connectivity index (χ2v) is 4.69. The van der Waals surface area contributed by atoms with Crippen LogP contribution in [-0.4, -0.2) is 20.1 Å². The molecule has 0 heterocycles. The van der Waals surface area contributed by atoms with Crippen LogP contribution in [0, 0.1) is 0 Å². The van der Waals surface area contributed by atoms with Crippen molar-refractivity contribution in [3.8, 4) is 11.5 Å². The zero-order chi connectivity index (χ0) is 15.4. The highest BCUT2D eigenvalue weighted by Crippen LogP contribution is 2.42. The summed E-state index contributed by atoms with van der Waals surface area (Å²) in [4.78, 5) is 12.6. The molecule has 0 saturated carbocycles. The molecule has 0 aromatic heterocycles. The fourth-order valence-corrected chi connectivity index (χ4v) is 2.22. The number of thiol groups is 1. The summed E-state index contributed by atoms with van der Waals surface area (Å²) in [7, 11) is 2.98. The number of hydrogen-bond donors (Lipinski definition) is 3. The van der Waals surface area contributed by atoms with E-state index in [9.17, 15) is 4.79 Å². The highest BCUT2D eigenvalue weighted by Gasteiger charge is 2.17. The Hall–Kier alpha value is -2.34. The number of carbonyl (C=O) groups excluding carboxylic acids is 1. The number of methoxy groups -OCH3 is 2. The molecule has 0 spiro atoms. The van der Waals surface area contributed by atoms with Crippen molar-refractivity contribution in [2.24, 2.45) is 0 Å². The van der Waals surface area contributed by atoms with E-state index in [1.54, 1.807) is 30.3 Å². The van der Waals surface area contributed by atoms with Crippen LogP contribution in [0.15, 0.2) is 41.3 Å². The number of carbonyl (C=O) groups is 1. The van der Waals surface area contributed by atoms with Crippen LogP contribution in [0.2, 0.25) is 0 Å². The van der Waals surface area contributed by atoms with E-state index in [1.165, 1.54) is 14.2 Å². The molecule has 0 aliphatic carbocycles.